The molecule has 0 spiro atoms. The molecule has 0 aliphatic rings. The first-order valence-corrected chi connectivity index (χ1v) is 13.7. The summed E-state index contributed by atoms with van der Waals surface area (Å²) in [6.07, 6.45) is 3.59. The van der Waals surface area contributed by atoms with Crippen molar-refractivity contribution in [2.75, 3.05) is 25.5 Å². The van der Waals surface area contributed by atoms with Crippen LogP contribution in [0.3, 0.4) is 0 Å². The molecule has 0 bridgehead atoms. The fourth-order valence-electron chi connectivity index (χ4n) is 3.17. The van der Waals surface area contributed by atoms with Crippen molar-refractivity contribution < 1.29 is 33.2 Å². The summed E-state index contributed by atoms with van der Waals surface area (Å²) in [5, 5.41) is 0. The molecule has 2 aromatic rings. The van der Waals surface area contributed by atoms with Gasteiger partial charge in [-0.2, -0.15) is 5.43 Å². The molecule has 0 radical (unpaired) electrons. The molecule has 4 atom stereocenters. The third-order valence-electron chi connectivity index (χ3n) is 5.19. The van der Waals surface area contributed by atoms with Crippen LogP contribution in [0.1, 0.15) is 53.9 Å². The molecule has 0 aliphatic carbocycles. The molecule has 2 unspecified atom stereocenters. The number of hydrogen-bond donors (Lipinski definition) is 2. The topological polar surface area (TPSA) is 188 Å². The Labute approximate surface area is 223 Å². The van der Waals surface area contributed by atoms with Gasteiger partial charge in [0.25, 0.3) is 0 Å². The van der Waals surface area contributed by atoms with E-state index in [1.807, 2.05) is 6.92 Å². The Bertz CT molecular complexity index is 1070. The molecule has 3 N–H and O–H groups in total. The lowest BCUT2D eigenvalue weighted by molar-refractivity contribution is -0.188. The molecule has 0 saturated heterocycles. The molecule has 0 amide bonds. The number of carbonyl (C=O) groups is 2. The van der Waals surface area contributed by atoms with Crippen LogP contribution in [0.15, 0.2) is 17.5 Å². The minimum atomic E-state index is -2.65. The zero-order valence-corrected chi connectivity index (χ0v) is 23.4. The Balaban J connectivity index is 1.96. The summed E-state index contributed by atoms with van der Waals surface area (Å²) in [7, 11) is -2.65. The monoisotopic (exact) mass is 555 g/mol. The summed E-state index contributed by atoms with van der Waals surface area (Å²) >= 11 is 0. The van der Waals surface area contributed by atoms with E-state index in [1.165, 1.54) is 6.33 Å². The quantitative estimate of drug-likeness (QED) is 0.125. The molecule has 212 valence electrons. The zero-order valence-electron chi connectivity index (χ0n) is 22.5. The maximum absolute atomic E-state index is 12.6. The Morgan fingerprint density at radius 1 is 1.18 bits per heavy atom. The van der Waals surface area contributed by atoms with Crippen LogP contribution >= 0.6 is 8.17 Å². The molecule has 38 heavy (non-hydrogen) atoms. The molecule has 14 nitrogen and oxygen atoms in total. The highest BCUT2D eigenvalue weighted by Crippen LogP contribution is 2.20. The first kappa shape index (κ1) is 31.4. The van der Waals surface area contributed by atoms with Gasteiger partial charge in [-0.1, -0.05) is 26.7 Å². The predicted molar refractivity (Wildman–Crippen MR) is 138 cm³/mol. The van der Waals surface area contributed by atoms with Crippen molar-refractivity contribution in [2.45, 2.75) is 78.7 Å². The summed E-state index contributed by atoms with van der Waals surface area (Å²) in [6, 6.07) is 0. The summed E-state index contributed by atoms with van der Waals surface area (Å²) in [5.74, 6) is -1.36. The van der Waals surface area contributed by atoms with Crippen LogP contribution in [0.4, 0.5) is 5.82 Å². The number of imidazole rings is 1. The van der Waals surface area contributed by atoms with Crippen molar-refractivity contribution in [3.8, 4) is 0 Å². The van der Waals surface area contributed by atoms with Crippen LogP contribution in [0.5, 0.6) is 0 Å². The lowest BCUT2D eigenvalue weighted by Gasteiger charge is -2.17. The Morgan fingerprint density at radius 3 is 2.66 bits per heavy atom. The van der Waals surface area contributed by atoms with Crippen molar-refractivity contribution in [3.05, 3.63) is 12.7 Å². The first-order chi connectivity index (χ1) is 18.1. The van der Waals surface area contributed by atoms with E-state index in [-0.39, 0.29) is 31.7 Å². The van der Waals surface area contributed by atoms with Gasteiger partial charge in [0.2, 0.25) is 6.10 Å². The lowest BCUT2D eigenvalue weighted by Crippen LogP contribution is -2.33. The van der Waals surface area contributed by atoms with Crippen molar-refractivity contribution in [1.82, 2.24) is 24.9 Å². The highest BCUT2D eigenvalue weighted by atomic mass is 31.1. The van der Waals surface area contributed by atoms with Crippen LogP contribution in [0.25, 0.3) is 11.2 Å². The molecule has 0 aliphatic heterocycles. The molecular formula is C23H38N7O7P. The van der Waals surface area contributed by atoms with Crippen LogP contribution in [-0.4, -0.2) is 69.5 Å². The van der Waals surface area contributed by atoms with Crippen molar-refractivity contribution >= 4 is 37.1 Å². The smallest absolute Gasteiger partial charge is 0.361 e. The van der Waals surface area contributed by atoms with E-state index in [4.69, 9.17) is 24.5 Å². The largest absolute Gasteiger partial charge is 0.582 e. The van der Waals surface area contributed by atoms with Crippen molar-refractivity contribution in [1.29, 1.82) is 0 Å². The number of nitrogens with zero attached hydrogens (tertiary/aromatic N) is 5. The molecule has 15 heteroatoms. The number of fused-ring (bicyclic) bond motifs is 1. The normalized spacial score (nSPS) is 14.4. The number of esters is 2. The van der Waals surface area contributed by atoms with E-state index in [0.29, 0.717) is 24.1 Å². The van der Waals surface area contributed by atoms with Gasteiger partial charge < -0.3 is 29.4 Å². The van der Waals surface area contributed by atoms with E-state index in [9.17, 15) is 14.5 Å². The maximum Gasteiger partial charge on any atom is 0.361 e. The van der Waals surface area contributed by atoms with Gasteiger partial charge in [0.15, 0.2) is 11.5 Å². The highest BCUT2D eigenvalue weighted by Gasteiger charge is 2.28. The summed E-state index contributed by atoms with van der Waals surface area (Å²) in [5.41, 5.74) is 9.41. The standard InChI is InChI=1S/C23H38N7O7P/c1-6-7-8-9-34-23(32)18(37-38(33)29-28-10-16(4)22(31)36-15(2)3)12-35-17(5)11-30-14-27-19-20(24)25-13-26-21(19)30/h13-18,28H,6-12H2,1-5H3,(H2,24,25,26)/t16?,17-,18-/m1/s1. The number of rotatable bonds is 17. The molecule has 2 rings (SSSR count). The summed E-state index contributed by atoms with van der Waals surface area (Å²) in [4.78, 5) is 53.0. The fourth-order valence-corrected chi connectivity index (χ4v) is 3.78. The third-order valence-corrected chi connectivity index (χ3v) is 5.93. The first-order valence-electron chi connectivity index (χ1n) is 12.6. The number of nitrogens with two attached hydrogens (primary N) is 1. The van der Waals surface area contributed by atoms with E-state index < -0.39 is 38.2 Å². The second kappa shape index (κ2) is 16.2. The van der Waals surface area contributed by atoms with Crippen molar-refractivity contribution in [2.24, 2.45) is 10.8 Å². The van der Waals surface area contributed by atoms with Crippen LogP contribution in [0, 0.1) is 5.92 Å². The van der Waals surface area contributed by atoms with E-state index >= 15 is 0 Å². The van der Waals surface area contributed by atoms with E-state index in [0.717, 1.165) is 12.8 Å². The number of anilines is 1. The zero-order chi connectivity index (χ0) is 28.1. The Morgan fingerprint density at radius 2 is 1.95 bits per heavy atom. The second-order valence-electron chi connectivity index (χ2n) is 9.03. The third kappa shape index (κ3) is 10.5. The number of hydrogen-bond acceptors (Lipinski definition) is 12. The van der Waals surface area contributed by atoms with Gasteiger partial charge in [-0.25, -0.2) is 19.7 Å². The molecular weight excluding hydrogens is 517 g/mol. The minimum Gasteiger partial charge on any atom is -0.582 e. The average molecular weight is 556 g/mol. The van der Waals surface area contributed by atoms with Crippen LogP contribution in [0.2, 0.25) is 0 Å². The fraction of sp³-hybridized carbons (Fsp3) is 0.696. The molecule has 0 saturated carbocycles. The van der Waals surface area contributed by atoms with E-state index in [2.05, 4.69) is 25.2 Å². The number of nitrogen functional groups attached to an aromatic ring is 1. The van der Waals surface area contributed by atoms with Gasteiger partial charge >= 0.3 is 20.1 Å². The Hall–Kier alpha value is -2.77. The number of ether oxygens (including phenoxy) is 3. The molecule has 2 aromatic heterocycles. The second-order valence-corrected chi connectivity index (χ2v) is 9.91. The van der Waals surface area contributed by atoms with Crippen molar-refractivity contribution in [3.63, 3.8) is 0 Å². The SMILES string of the molecule is CCCCCOC(=O)[C@@H](CO[C@H](C)Cn1cnc2c(N)ncnc21)O/[P+]([O-])=N\NCC(C)C(=O)OC(C)C. The van der Waals surface area contributed by atoms with Gasteiger partial charge in [-0.05, 0) is 27.2 Å². The molecule has 2 heterocycles. The van der Waals surface area contributed by atoms with Gasteiger partial charge in [0.1, 0.15) is 11.8 Å². The number of carbonyl (C=O) groups excluding carboxylic acids is 2. The van der Waals surface area contributed by atoms with Gasteiger partial charge in [0, 0.05) is 11.4 Å². The number of unbranched alkanes of at least 4 members (excludes halogenated alkanes) is 2. The number of nitrogens with one attached hydrogen (secondary N) is 1. The maximum atomic E-state index is 12.6. The minimum absolute atomic E-state index is 0.0859. The number of aromatic nitrogens is 4. The predicted octanol–water partition coefficient (Wildman–Crippen LogP) is 1.88. The summed E-state index contributed by atoms with van der Waals surface area (Å²) in [6.45, 7) is 9.42. The van der Waals surface area contributed by atoms with Gasteiger partial charge in [-0.3, -0.25) is 4.79 Å². The van der Waals surface area contributed by atoms with Gasteiger partial charge in [-0.15, -0.1) is 4.52 Å². The lowest BCUT2D eigenvalue weighted by atomic mass is 10.2. The summed E-state index contributed by atoms with van der Waals surface area (Å²) < 4.78 is 23.3. The van der Waals surface area contributed by atoms with Crippen LogP contribution < -0.4 is 16.1 Å². The highest BCUT2D eigenvalue weighted by molar-refractivity contribution is 7.33. The van der Waals surface area contributed by atoms with Crippen LogP contribution in [-0.2, 0) is 34.9 Å². The molecule has 0 aromatic carbocycles. The Kier molecular flexibility index (Phi) is 13.4. The van der Waals surface area contributed by atoms with E-state index in [1.54, 1.807) is 38.6 Å². The van der Waals surface area contributed by atoms with Gasteiger partial charge in [0.05, 0.1) is 44.2 Å². The average Bonchev–Trinajstić information content (AvgIpc) is 3.27. The molecule has 0 fully saturated rings.